The predicted molar refractivity (Wildman–Crippen MR) is 78.4 cm³/mol. The molecule has 0 atom stereocenters. The molecule has 2 rings (SSSR count). The fourth-order valence-electron chi connectivity index (χ4n) is 1.98. The van der Waals surface area contributed by atoms with E-state index in [9.17, 15) is 0 Å². The van der Waals surface area contributed by atoms with Crippen LogP contribution in [-0.4, -0.2) is 21.9 Å². The largest absolute Gasteiger partial charge is 0.481 e. The third-order valence-electron chi connectivity index (χ3n) is 2.87. The van der Waals surface area contributed by atoms with Crippen LogP contribution in [0, 0.1) is 0 Å². The molecule has 1 N–H and O–H groups in total. The summed E-state index contributed by atoms with van der Waals surface area (Å²) in [4.78, 5) is 4.29. The number of aryl methyl sites for hydroxylation is 2. The number of nitrogens with zero attached hydrogens (tertiary/aromatic N) is 3. The first-order valence-electron chi connectivity index (χ1n) is 6.09. The summed E-state index contributed by atoms with van der Waals surface area (Å²) in [7, 11) is 3.55. The average Bonchev–Trinajstić information content (AvgIpc) is 2.73. The lowest BCUT2D eigenvalue weighted by Gasteiger charge is -2.08. The number of ether oxygens (including phenoxy) is 1. The standard InChI is InChI=1S/C13H17BrN4O/c1-4-11-10(13(19-3)18(2)17-11)8-16-12-6-5-9(14)7-15-12/h5-7H,4,8H2,1-3H3,(H,15,16). The molecule has 0 spiro atoms. The molecule has 0 saturated carbocycles. The van der Waals surface area contributed by atoms with Crippen molar-refractivity contribution in [1.29, 1.82) is 0 Å². The first-order chi connectivity index (χ1) is 9.15. The molecule has 0 aliphatic heterocycles. The smallest absolute Gasteiger partial charge is 0.216 e. The number of rotatable bonds is 5. The van der Waals surface area contributed by atoms with Crippen LogP contribution in [0.15, 0.2) is 22.8 Å². The van der Waals surface area contributed by atoms with Gasteiger partial charge < -0.3 is 10.1 Å². The quantitative estimate of drug-likeness (QED) is 0.918. The maximum atomic E-state index is 5.40. The molecule has 0 fully saturated rings. The Labute approximate surface area is 121 Å². The SMILES string of the molecule is CCc1nn(C)c(OC)c1CNc1ccc(Br)cn1. The number of hydrogen-bond donors (Lipinski definition) is 1. The Hall–Kier alpha value is -1.56. The van der Waals surface area contributed by atoms with Gasteiger partial charge in [-0.1, -0.05) is 6.92 Å². The van der Waals surface area contributed by atoms with E-state index in [4.69, 9.17) is 4.74 Å². The summed E-state index contributed by atoms with van der Waals surface area (Å²) in [5.74, 6) is 1.62. The minimum atomic E-state index is 0.648. The molecular weight excluding hydrogens is 308 g/mol. The summed E-state index contributed by atoms with van der Waals surface area (Å²) >= 11 is 3.37. The highest BCUT2D eigenvalue weighted by molar-refractivity contribution is 9.10. The summed E-state index contributed by atoms with van der Waals surface area (Å²) in [5.41, 5.74) is 2.13. The molecule has 2 aromatic rings. The van der Waals surface area contributed by atoms with Gasteiger partial charge in [-0.05, 0) is 34.5 Å². The maximum absolute atomic E-state index is 5.40. The maximum Gasteiger partial charge on any atom is 0.216 e. The molecule has 0 radical (unpaired) electrons. The zero-order valence-corrected chi connectivity index (χ0v) is 12.9. The molecule has 0 saturated heterocycles. The van der Waals surface area contributed by atoms with E-state index in [-0.39, 0.29) is 0 Å². The minimum Gasteiger partial charge on any atom is -0.481 e. The van der Waals surface area contributed by atoms with E-state index in [2.05, 4.69) is 38.3 Å². The number of anilines is 1. The second kappa shape index (κ2) is 6.06. The van der Waals surface area contributed by atoms with Crippen LogP contribution in [0.2, 0.25) is 0 Å². The number of pyridine rings is 1. The molecule has 0 unspecified atom stereocenters. The Morgan fingerprint density at radius 2 is 2.21 bits per heavy atom. The predicted octanol–water partition coefficient (Wildman–Crippen LogP) is 2.76. The van der Waals surface area contributed by atoms with Crippen molar-refractivity contribution in [3.8, 4) is 5.88 Å². The second-order valence-electron chi connectivity index (χ2n) is 4.13. The zero-order valence-electron chi connectivity index (χ0n) is 11.3. The van der Waals surface area contributed by atoms with Gasteiger partial charge in [0.05, 0.1) is 18.4 Å². The van der Waals surface area contributed by atoms with Gasteiger partial charge >= 0.3 is 0 Å². The Balaban J connectivity index is 2.16. The Bertz CT molecular complexity index is 551. The molecule has 19 heavy (non-hydrogen) atoms. The Morgan fingerprint density at radius 3 is 2.79 bits per heavy atom. The summed E-state index contributed by atoms with van der Waals surface area (Å²) < 4.78 is 8.13. The lowest BCUT2D eigenvalue weighted by atomic mass is 10.2. The van der Waals surface area contributed by atoms with Crippen LogP contribution in [0.25, 0.3) is 0 Å². The van der Waals surface area contributed by atoms with Crippen molar-refractivity contribution in [3.05, 3.63) is 34.1 Å². The van der Waals surface area contributed by atoms with Gasteiger partial charge in [0.1, 0.15) is 5.82 Å². The monoisotopic (exact) mass is 324 g/mol. The highest BCUT2D eigenvalue weighted by Gasteiger charge is 2.15. The normalized spacial score (nSPS) is 10.5. The number of methoxy groups -OCH3 is 1. The number of halogens is 1. The van der Waals surface area contributed by atoms with Crippen LogP contribution in [0.4, 0.5) is 5.82 Å². The van der Waals surface area contributed by atoms with Crippen molar-refractivity contribution in [3.63, 3.8) is 0 Å². The fourth-order valence-corrected chi connectivity index (χ4v) is 2.22. The lowest BCUT2D eigenvalue weighted by molar-refractivity contribution is 0.369. The fraction of sp³-hybridized carbons (Fsp3) is 0.385. The van der Waals surface area contributed by atoms with Gasteiger partial charge in [-0.15, -0.1) is 0 Å². The van der Waals surface area contributed by atoms with Gasteiger partial charge in [-0.25, -0.2) is 9.67 Å². The molecule has 0 amide bonds. The summed E-state index contributed by atoms with van der Waals surface area (Å²) in [5, 5.41) is 7.74. The van der Waals surface area contributed by atoms with Gasteiger partial charge in [-0.2, -0.15) is 5.10 Å². The number of aromatic nitrogens is 3. The zero-order chi connectivity index (χ0) is 13.8. The van der Waals surface area contributed by atoms with Crippen molar-refractivity contribution in [1.82, 2.24) is 14.8 Å². The van der Waals surface area contributed by atoms with Crippen molar-refractivity contribution in [2.24, 2.45) is 7.05 Å². The van der Waals surface area contributed by atoms with Gasteiger partial charge in [-0.3, -0.25) is 0 Å². The van der Waals surface area contributed by atoms with Gasteiger partial charge in [0.2, 0.25) is 5.88 Å². The van der Waals surface area contributed by atoms with Crippen LogP contribution < -0.4 is 10.1 Å². The first kappa shape index (κ1) is 13.9. The molecule has 0 bridgehead atoms. The second-order valence-corrected chi connectivity index (χ2v) is 5.04. The summed E-state index contributed by atoms with van der Waals surface area (Å²) in [6.45, 7) is 2.73. The first-order valence-corrected chi connectivity index (χ1v) is 6.89. The molecule has 5 nitrogen and oxygen atoms in total. The van der Waals surface area contributed by atoms with Crippen molar-refractivity contribution < 1.29 is 4.74 Å². The van der Waals surface area contributed by atoms with Crippen molar-refractivity contribution in [2.45, 2.75) is 19.9 Å². The van der Waals surface area contributed by atoms with E-state index in [1.165, 1.54) is 0 Å². The molecule has 2 aromatic heterocycles. The molecule has 102 valence electrons. The van der Waals surface area contributed by atoms with Crippen molar-refractivity contribution >= 4 is 21.7 Å². The topological polar surface area (TPSA) is 52.0 Å². The van der Waals surface area contributed by atoms with Crippen LogP contribution in [0.1, 0.15) is 18.2 Å². The Morgan fingerprint density at radius 1 is 1.42 bits per heavy atom. The summed E-state index contributed by atoms with van der Waals surface area (Å²) in [6, 6.07) is 3.88. The van der Waals surface area contributed by atoms with Gasteiger partial charge in [0.15, 0.2) is 0 Å². The number of hydrogen-bond acceptors (Lipinski definition) is 4. The third kappa shape index (κ3) is 3.07. The van der Waals surface area contributed by atoms with Gasteiger partial charge in [0.25, 0.3) is 0 Å². The summed E-state index contributed by atoms with van der Waals surface area (Å²) in [6.07, 6.45) is 2.64. The van der Waals surface area contributed by atoms with Gasteiger partial charge in [0, 0.05) is 24.3 Å². The highest BCUT2D eigenvalue weighted by atomic mass is 79.9. The average molecular weight is 325 g/mol. The molecule has 0 aliphatic rings. The van der Waals surface area contributed by atoms with E-state index in [0.29, 0.717) is 6.54 Å². The highest BCUT2D eigenvalue weighted by Crippen LogP contribution is 2.23. The van der Waals surface area contributed by atoms with Crippen LogP contribution >= 0.6 is 15.9 Å². The van der Waals surface area contributed by atoms with Crippen molar-refractivity contribution in [2.75, 3.05) is 12.4 Å². The number of nitrogens with one attached hydrogen (secondary N) is 1. The molecular formula is C13H17BrN4O. The van der Waals surface area contributed by atoms with Crippen LogP contribution in [0.5, 0.6) is 5.88 Å². The minimum absolute atomic E-state index is 0.648. The lowest BCUT2D eigenvalue weighted by Crippen LogP contribution is -2.04. The third-order valence-corrected chi connectivity index (χ3v) is 3.34. The molecule has 0 aromatic carbocycles. The molecule has 2 heterocycles. The van der Waals surface area contributed by atoms with E-state index >= 15 is 0 Å². The molecule has 6 heteroatoms. The van der Waals surface area contributed by atoms with E-state index in [0.717, 1.165) is 33.8 Å². The van der Waals surface area contributed by atoms with Crippen LogP contribution in [0.3, 0.4) is 0 Å². The van der Waals surface area contributed by atoms with E-state index < -0.39 is 0 Å². The van der Waals surface area contributed by atoms with E-state index in [1.54, 1.807) is 18.0 Å². The van der Waals surface area contributed by atoms with Crippen LogP contribution in [-0.2, 0) is 20.0 Å². The Kier molecular flexibility index (Phi) is 4.42. The molecule has 0 aliphatic carbocycles. The van der Waals surface area contributed by atoms with E-state index in [1.807, 2.05) is 19.2 Å².